The van der Waals surface area contributed by atoms with Crippen LogP contribution in [0.5, 0.6) is 5.75 Å². The van der Waals surface area contributed by atoms with Crippen LogP contribution in [0.15, 0.2) is 35.5 Å². The Balaban J connectivity index is 1.80. The van der Waals surface area contributed by atoms with Crippen molar-refractivity contribution in [2.24, 2.45) is 0 Å². The van der Waals surface area contributed by atoms with E-state index in [1.807, 2.05) is 18.3 Å². The molecule has 136 valence electrons. The van der Waals surface area contributed by atoms with E-state index in [0.29, 0.717) is 18.8 Å². The van der Waals surface area contributed by atoms with Gasteiger partial charge in [0.1, 0.15) is 5.75 Å². The van der Waals surface area contributed by atoms with Gasteiger partial charge in [-0.1, -0.05) is 26.2 Å². The number of nitrogens with zero attached hydrogens (tertiary/aromatic N) is 1. The van der Waals surface area contributed by atoms with Gasteiger partial charge in [0.2, 0.25) is 0 Å². The zero-order chi connectivity index (χ0) is 17.9. The molecule has 5 nitrogen and oxygen atoms in total. The first kappa shape index (κ1) is 19.4. The summed E-state index contributed by atoms with van der Waals surface area (Å²) in [5.41, 5.74) is 2.04. The van der Waals surface area contributed by atoms with Crippen LogP contribution in [0.1, 0.15) is 39.0 Å². The van der Waals surface area contributed by atoms with Crippen LogP contribution in [0.2, 0.25) is 0 Å². The second kappa shape index (κ2) is 10.8. The van der Waals surface area contributed by atoms with E-state index >= 15 is 0 Å². The maximum Gasteiger partial charge on any atom is 0.306 e. The highest BCUT2D eigenvalue weighted by Gasteiger charge is 2.07. The van der Waals surface area contributed by atoms with Crippen molar-refractivity contribution in [2.45, 2.75) is 43.9 Å². The molecule has 0 bridgehead atoms. The Bertz CT molecular complexity index is 644. The number of rotatable bonds is 11. The Hall–Kier alpha value is -1.95. The van der Waals surface area contributed by atoms with Gasteiger partial charge in [-0.15, -0.1) is 11.8 Å². The second-order valence-corrected chi connectivity index (χ2v) is 6.93. The number of hydrogen-bond donors (Lipinski definition) is 1. The monoisotopic (exact) mass is 362 g/mol. The van der Waals surface area contributed by atoms with Gasteiger partial charge in [0.05, 0.1) is 26.3 Å². The fourth-order valence-electron chi connectivity index (χ4n) is 2.39. The normalized spacial score (nSPS) is 10.6. The summed E-state index contributed by atoms with van der Waals surface area (Å²) < 4.78 is 10.6. The van der Waals surface area contributed by atoms with E-state index in [1.165, 1.54) is 12.8 Å². The lowest BCUT2D eigenvalue weighted by Gasteiger charge is -2.08. The lowest BCUT2D eigenvalue weighted by molar-refractivity contribution is -0.143. The summed E-state index contributed by atoms with van der Waals surface area (Å²) in [7, 11) is 1.65. The first-order valence-electron chi connectivity index (χ1n) is 8.69. The molecule has 0 amide bonds. The number of nitrogens with one attached hydrogen (secondary N) is 1. The summed E-state index contributed by atoms with van der Waals surface area (Å²) in [5.74, 6) is 1.35. The van der Waals surface area contributed by atoms with Gasteiger partial charge in [-0.25, -0.2) is 0 Å². The van der Waals surface area contributed by atoms with Gasteiger partial charge < -0.3 is 9.47 Å². The first-order chi connectivity index (χ1) is 12.2. The number of ether oxygens (including phenoxy) is 2. The molecule has 0 aliphatic carbocycles. The average Bonchev–Trinajstić information content (AvgIpc) is 3.16. The molecule has 1 N–H and O–H groups in total. The van der Waals surface area contributed by atoms with Gasteiger partial charge in [0.15, 0.2) is 0 Å². The fourth-order valence-corrected chi connectivity index (χ4v) is 3.30. The van der Waals surface area contributed by atoms with Crippen LogP contribution < -0.4 is 4.74 Å². The SMILES string of the molecule is CCCCCCOC(=O)CCSc1cc(OC)cc(-c2cn[nH]c2)c1. The molecule has 0 spiro atoms. The van der Waals surface area contributed by atoms with Crippen LogP contribution in [0.4, 0.5) is 0 Å². The smallest absolute Gasteiger partial charge is 0.306 e. The van der Waals surface area contributed by atoms with Crippen molar-refractivity contribution in [3.05, 3.63) is 30.6 Å². The van der Waals surface area contributed by atoms with Crippen LogP contribution in [-0.4, -0.2) is 35.6 Å². The quantitative estimate of drug-likeness (QED) is 0.357. The lowest BCUT2D eigenvalue weighted by atomic mass is 10.1. The molecule has 0 aliphatic heterocycles. The minimum Gasteiger partial charge on any atom is -0.497 e. The van der Waals surface area contributed by atoms with E-state index in [1.54, 1.807) is 25.1 Å². The van der Waals surface area contributed by atoms with Crippen molar-refractivity contribution in [1.82, 2.24) is 10.2 Å². The number of methoxy groups -OCH3 is 1. The van der Waals surface area contributed by atoms with Crippen molar-refractivity contribution < 1.29 is 14.3 Å². The van der Waals surface area contributed by atoms with E-state index in [0.717, 1.165) is 34.6 Å². The third-order valence-corrected chi connectivity index (χ3v) is 4.76. The Kier molecular flexibility index (Phi) is 8.39. The highest BCUT2D eigenvalue weighted by Crippen LogP contribution is 2.30. The fraction of sp³-hybridized carbons (Fsp3) is 0.474. The largest absolute Gasteiger partial charge is 0.497 e. The maximum atomic E-state index is 11.8. The van der Waals surface area contributed by atoms with Gasteiger partial charge in [0.25, 0.3) is 0 Å². The zero-order valence-corrected chi connectivity index (χ0v) is 15.7. The van der Waals surface area contributed by atoms with Gasteiger partial charge in [-0.2, -0.15) is 5.10 Å². The number of aromatic nitrogens is 2. The first-order valence-corrected chi connectivity index (χ1v) is 9.68. The van der Waals surface area contributed by atoms with Gasteiger partial charge >= 0.3 is 5.97 Å². The summed E-state index contributed by atoms with van der Waals surface area (Å²) in [6.45, 7) is 2.70. The zero-order valence-electron chi connectivity index (χ0n) is 14.9. The van der Waals surface area contributed by atoms with Crippen LogP contribution in [0.25, 0.3) is 11.1 Å². The number of esters is 1. The molecule has 1 heterocycles. The number of unbranched alkanes of at least 4 members (excludes halogenated alkanes) is 3. The van der Waals surface area contributed by atoms with Crippen LogP contribution in [-0.2, 0) is 9.53 Å². The van der Waals surface area contributed by atoms with Crippen molar-refractivity contribution in [3.63, 3.8) is 0 Å². The molecular formula is C19H26N2O3S. The van der Waals surface area contributed by atoms with Gasteiger partial charge in [-0.3, -0.25) is 9.89 Å². The topological polar surface area (TPSA) is 64.2 Å². The summed E-state index contributed by atoms with van der Waals surface area (Å²) in [4.78, 5) is 12.8. The predicted octanol–water partition coefficient (Wildman–Crippen LogP) is 4.69. The second-order valence-electron chi connectivity index (χ2n) is 5.76. The molecule has 1 aromatic heterocycles. The average molecular weight is 362 g/mol. The Morgan fingerprint density at radius 3 is 2.80 bits per heavy atom. The van der Waals surface area contributed by atoms with Crippen molar-refractivity contribution in [2.75, 3.05) is 19.5 Å². The number of carbonyl (C=O) groups is 1. The molecule has 0 aliphatic rings. The molecule has 0 atom stereocenters. The number of hydrogen-bond acceptors (Lipinski definition) is 5. The van der Waals surface area contributed by atoms with Crippen LogP contribution in [0.3, 0.4) is 0 Å². The van der Waals surface area contributed by atoms with Gasteiger partial charge in [0, 0.05) is 22.4 Å². The van der Waals surface area contributed by atoms with E-state index in [4.69, 9.17) is 9.47 Å². The molecule has 25 heavy (non-hydrogen) atoms. The molecular weight excluding hydrogens is 336 g/mol. The third kappa shape index (κ3) is 6.82. The van der Waals surface area contributed by atoms with E-state index in [2.05, 4.69) is 23.2 Å². The Morgan fingerprint density at radius 1 is 1.20 bits per heavy atom. The maximum absolute atomic E-state index is 11.8. The Morgan fingerprint density at radius 2 is 2.08 bits per heavy atom. The molecule has 0 saturated carbocycles. The number of carbonyl (C=O) groups excluding carboxylic acids is 1. The number of aromatic amines is 1. The Labute approximate surface area is 153 Å². The van der Waals surface area contributed by atoms with Crippen LogP contribution in [0, 0.1) is 0 Å². The predicted molar refractivity (Wildman–Crippen MR) is 101 cm³/mol. The highest BCUT2D eigenvalue weighted by atomic mass is 32.2. The summed E-state index contributed by atoms with van der Waals surface area (Å²) >= 11 is 1.63. The molecule has 0 fully saturated rings. The number of benzene rings is 1. The van der Waals surface area contributed by atoms with Crippen molar-refractivity contribution in [3.8, 4) is 16.9 Å². The van der Waals surface area contributed by atoms with Crippen LogP contribution >= 0.6 is 11.8 Å². The molecule has 1 aromatic carbocycles. The summed E-state index contributed by atoms with van der Waals surface area (Å²) in [6, 6.07) is 6.03. The standard InChI is InChI=1S/C19H26N2O3S/c1-3-4-5-6-8-24-19(22)7-9-25-18-11-15(10-17(12-18)23-2)16-13-20-21-14-16/h10-14H,3-9H2,1-2H3,(H,20,21). The summed E-state index contributed by atoms with van der Waals surface area (Å²) in [5, 5.41) is 6.80. The molecule has 2 aromatic rings. The van der Waals surface area contributed by atoms with Crippen molar-refractivity contribution in [1.29, 1.82) is 0 Å². The molecule has 0 radical (unpaired) electrons. The van der Waals surface area contributed by atoms with Gasteiger partial charge in [-0.05, 0) is 30.2 Å². The van der Waals surface area contributed by atoms with Crippen molar-refractivity contribution >= 4 is 17.7 Å². The summed E-state index contributed by atoms with van der Waals surface area (Å²) in [6.07, 6.45) is 8.50. The highest BCUT2D eigenvalue weighted by molar-refractivity contribution is 7.99. The molecule has 0 saturated heterocycles. The lowest BCUT2D eigenvalue weighted by Crippen LogP contribution is -2.06. The molecule has 6 heteroatoms. The van der Waals surface area contributed by atoms with E-state index < -0.39 is 0 Å². The molecule has 2 rings (SSSR count). The van der Waals surface area contributed by atoms with E-state index in [9.17, 15) is 4.79 Å². The number of H-pyrrole nitrogens is 1. The number of thioether (sulfide) groups is 1. The minimum atomic E-state index is -0.123. The molecule has 0 unspecified atom stereocenters. The van der Waals surface area contributed by atoms with E-state index in [-0.39, 0.29) is 5.97 Å². The minimum absolute atomic E-state index is 0.123. The third-order valence-electron chi connectivity index (χ3n) is 3.78.